The maximum atomic E-state index is 12.5. The Morgan fingerprint density at radius 1 is 0.554 bits per heavy atom. The molecule has 0 aliphatic heterocycles. The third-order valence-electron chi connectivity index (χ3n) is 8.23. The van der Waals surface area contributed by atoms with Gasteiger partial charge < -0.3 is 20.1 Å². The fourth-order valence-electron chi connectivity index (χ4n) is 5.12. The lowest BCUT2D eigenvalue weighted by Crippen LogP contribution is -2.29. The maximum Gasteiger partial charge on any atom is 0.472 e. The molecule has 0 rings (SSSR count). The average Bonchev–Trinajstić information content (AvgIpc) is 3.18. The first-order chi connectivity index (χ1) is 27.3. The molecule has 10 heteroatoms. The number of phosphoric acid groups is 1. The molecular weight excluding hydrogens is 725 g/mol. The van der Waals surface area contributed by atoms with Crippen molar-refractivity contribution in [3.63, 3.8) is 0 Å². The van der Waals surface area contributed by atoms with Crippen LogP contribution in [0.15, 0.2) is 97.2 Å². The van der Waals surface area contributed by atoms with E-state index in [1.165, 1.54) is 25.7 Å². The summed E-state index contributed by atoms with van der Waals surface area (Å²) in [5.74, 6) is -0.895. The zero-order chi connectivity index (χ0) is 41.1. The fraction of sp³-hybridized carbons (Fsp3) is 0.609. The molecule has 0 fully saturated rings. The zero-order valence-electron chi connectivity index (χ0n) is 34.8. The van der Waals surface area contributed by atoms with Crippen molar-refractivity contribution in [2.75, 3.05) is 26.4 Å². The van der Waals surface area contributed by atoms with Gasteiger partial charge >= 0.3 is 19.8 Å². The van der Waals surface area contributed by atoms with Crippen LogP contribution in [0, 0.1) is 0 Å². The largest absolute Gasteiger partial charge is 0.472 e. The van der Waals surface area contributed by atoms with E-state index in [-0.39, 0.29) is 32.6 Å². The van der Waals surface area contributed by atoms with E-state index in [0.29, 0.717) is 6.42 Å². The summed E-state index contributed by atoms with van der Waals surface area (Å²) >= 11 is 0. The first-order valence-electron chi connectivity index (χ1n) is 21.2. The number of carbonyl (C=O) groups is 2. The normalized spacial score (nSPS) is 14.3. The van der Waals surface area contributed by atoms with E-state index in [0.717, 1.165) is 89.9 Å². The Kier molecular flexibility index (Phi) is 39.3. The number of hydrogen-bond acceptors (Lipinski definition) is 8. The van der Waals surface area contributed by atoms with Crippen LogP contribution in [0.4, 0.5) is 0 Å². The molecule has 0 saturated heterocycles. The lowest BCUT2D eigenvalue weighted by molar-refractivity contribution is -0.161. The number of unbranched alkanes of at least 4 members (excludes halogenated alkanes) is 9. The molecule has 0 heterocycles. The van der Waals surface area contributed by atoms with Gasteiger partial charge in [0.1, 0.15) is 6.61 Å². The predicted molar refractivity (Wildman–Crippen MR) is 233 cm³/mol. The third kappa shape index (κ3) is 40.6. The van der Waals surface area contributed by atoms with E-state index in [1.807, 2.05) is 0 Å². The average molecular weight is 802 g/mol. The molecule has 0 saturated carbocycles. The lowest BCUT2D eigenvalue weighted by Gasteiger charge is -2.19. The van der Waals surface area contributed by atoms with Crippen molar-refractivity contribution in [3.8, 4) is 0 Å². The van der Waals surface area contributed by atoms with Gasteiger partial charge in [-0.3, -0.25) is 18.6 Å². The monoisotopic (exact) mass is 802 g/mol. The summed E-state index contributed by atoms with van der Waals surface area (Å²) in [5.41, 5.74) is 5.33. The summed E-state index contributed by atoms with van der Waals surface area (Å²) in [7, 11) is -4.39. The Balaban J connectivity index is 4.20. The van der Waals surface area contributed by atoms with Gasteiger partial charge in [-0.15, -0.1) is 0 Å². The first kappa shape index (κ1) is 52.9. The van der Waals surface area contributed by atoms with Gasteiger partial charge in [0.25, 0.3) is 0 Å². The van der Waals surface area contributed by atoms with Crippen LogP contribution < -0.4 is 5.73 Å². The van der Waals surface area contributed by atoms with E-state index in [9.17, 15) is 19.0 Å². The SMILES string of the molecule is CC/C=C\C/C=C\C/C=C\C/C=C\C/C=C\C/C=C\C/C=C\C/C=C\CCCCC(=O)OC(COC(=O)CCCCCCCCCC)COP(=O)(O)OCCN. The van der Waals surface area contributed by atoms with Gasteiger partial charge in [-0.2, -0.15) is 0 Å². The van der Waals surface area contributed by atoms with Gasteiger partial charge in [-0.25, -0.2) is 4.57 Å². The molecule has 0 aliphatic rings. The fourth-order valence-corrected chi connectivity index (χ4v) is 5.88. The summed E-state index contributed by atoms with van der Waals surface area (Å²) in [4.78, 5) is 34.7. The smallest absolute Gasteiger partial charge is 0.462 e. The number of phosphoric ester groups is 1. The van der Waals surface area contributed by atoms with Crippen molar-refractivity contribution in [1.29, 1.82) is 0 Å². The molecule has 0 bridgehead atoms. The van der Waals surface area contributed by atoms with Crippen LogP contribution in [0.25, 0.3) is 0 Å². The summed E-state index contributed by atoms with van der Waals surface area (Å²) in [6.45, 7) is 3.50. The minimum absolute atomic E-state index is 0.0413. The summed E-state index contributed by atoms with van der Waals surface area (Å²) < 4.78 is 32.6. The number of nitrogens with two attached hydrogens (primary N) is 1. The number of ether oxygens (including phenoxy) is 2. The Labute approximate surface area is 340 Å². The summed E-state index contributed by atoms with van der Waals surface area (Å²) in [5, 5.41) is 0. The molecule has 0 aromatic carbocycles. The van der Waals surface area contributed by atoms with Crippen molar-refractivity contribution < 1.29 is 37.6 Å². The number of hydrogen-bond donors (Lipinski definition) is 2. The van der Waals surface area contributed by atoms with Gasteiger partial charge in [0.2, 0.25) is 0 Å². The molecule has 0 amide bonds. The number of allylic oxidation sites excluding steroid dienone is 16. The highest BCUT2D eigenvalue weighted by molar-refractivity contribution is 7.47. The molecule has 0 aromatic rings. The van der Waals surface area contributed by atoms with Crippen LogP contribution in [-0.4, -0.2) is 49.3 Å². The Hall–Kier alpha value is -3.07. The Morgan fingerprint density at radius 3 is 1.46 bits per heavy atom. The third-order valence-corrected chi connectivity index (χ3v) is 9.22. The molecule has 0 radical (unpaired) electrons. The minimum Gasteiger partial charge on any atom is -0.462 e. The molecule has 0 aliphatic carbocycles. The van der Waals surface area contributed by atoms with Crippen molar-refractivity contribution in [3.05, 3.63) is 97.2 Å². The summed E-state index contributed by atoms with van der Waals surface area (Å²) in [6, 6.07) is 0. The second-order valence-electron chi connectivity index (χ2n) is 13.5. The highest BCUT2D eigenvalue weighted by Gasteiger charge is 2.25. The van der Waals surface area contributed by atoms with Crippen molar-refractivity contribution in [1.82, 2.24) is 0 Å². The van der Waals surface area contributed by atoms with Gasteiger partial charge in [0.15, 0.2) is 6.10 Å². The standard InChI is InChI=1S/C46H76NO8P/c1-3-5-7-9-11-13-14-15-16-17-18-19-20-21-22-23-24-25-26-27-28-29-30-31-33-35-37-39-46(49)55-44(43-54-56(50,51)53-41-40-47)42-52-45(48)38-36-34-32-12-10-8-6-4-2/h5,7,11,13,15-16,18-19,21-22,24-25,27-28,30-31,44H,3-4,6,8-10,12,14,17,20,23,26,29,32-43,47H2,1-2H3,(H,50,51)/b7-5-,13-11-,16-15-,19-18-,22-21-,25-24-,28-27-,31-30-. The number of esters is 2. The molecule has 9 nitrogen and oxygen atoms in total. The molecule has 318 valence electrons. The van der Waals surface area contributed by atoms with Gasteiger partial charge in [0, 0.05) is 19.4 Å². The predicted octanol–water partition coefficient (Wildman–Crippen LogP) is 12.2. The lowest BCUT2D eigenvalue weighted by atomic mass is 10.1. The molecule has 0 spiro atoms. The highest BCUT2D eigenvalue weighted by atomic mass is 31.2. The van der Waals surface area contributed by atoms with E-state index < -0.39 is 32.5 Å². The van der Waals surface area contributed by atoms with E-state index in [2.05, 4.69) is 111 Å². The molecular formula is C46H76NO8P. The van der Waals surface area contributed by atoms with Crippen molar-refractivity contribution in [2.45, 2.75) is 155 Å². The second kappa shape index (κ2) is 41.6. The summed E-state index contributed by atoms with van der Waals surface area (Å²) in [6.07, 6.45) is 53.2. The van der Waals surface area contributed by atoms with E-state index >= 15 is 0 Å². The van der Waals surface area contributed by atoms with Gasteiger partial charge in [0.05, 0.1) is 13.2 Å². The Bertz CT molecular complexity index is 1230. The van der Waals surface area contributed by atoms with E-state index in [4.69, 9.17) is 24.3 Å². The van der Waals surface area contributed by atoms with Crippen LogP contribution in [0.5, 0.6) is 0 Å². The molecule has 0 aromatic heterocycles. The number of rotatable bonds is 38. The zero-order valence-corrected chi connectivity index (χ0v) is 35.7. The molecule has 2 atom stereocenters. The van der Waals surface area contributed by atoms with Crippen molar-refractivity contribution in [2.24, 2.45) is 5.73 Å². The van der Waals surface area contributed by atoms with Gasteiger partial charge in [-0.1, -0.05) is 156 Å². The maximum absolute atomic E-state index is 12.5. The van der Waals surface area contributed by atoms with Crippen LogP contribution in [0.2, 0.25) is 0 Å². The van der Waals surface area contributed by atoms with E-state index in [1.54, 1.807) is 0 Å². The minimum atomic E-state index is -4.39. The van der Waals surface area contributed by atoms with Crippen LogP contribution in [-0.2, 0) is 32.7 Å². The molecule has 2 unspecified atom stereocenters. The molecule has 56 heavy (non-hydrogen) atoms. The molecule has 3 N–H and O–H groups in total. The first-order valence-corrected chi connectivity index (χ1v) is 22.7. The second-order valence-corrected chi connectivity index (χ2v) is 14.9. The van der Waals surface area contributed by atoms with Crippen LogP contribution >= 0.6 is 7.82 Å². The van der Waals surface area contributed by atoms with Gasteiger partial charge in [-0.05, 0) is 77.0 Å². The van der Waals surface area contributed by atoms with Crippen LogP contribution in [0.1, 0.15) is 149 Å². The highest BCUT2D eigenvalue weighted by Crippen LogP contribution is 2.43. The quantitative estimate of drug-likeness (QED) is 0.0271. The van der Waals surface area contributed by atoms with Crippen molar-refractivity contribution >= 4 is 19.8 Å². The Morgan fingerprint density at radius 2 is 0.982 bits per heavy atom. The topological polar surface area (TPSA) is 134 Å². The van der Waals surface area contributed by atoms with Crippen LogP contribution in [0.3, 0.4) is 0 Å². The number of carbonyl (C=O) groups excluding carboxylic acids is 2.